The van der Waals surface area contributed by atoms with Gasteiger partial charge in [-0.2, -0.15) is 0 Å². The Morgan fingerprint density at radius 2 is 1.14 bits per heavy atom. The largest absolute Gasteiger partial charge is 0.496 e. The lowest BCUT2D eigenvalue weighted by atomic mass is 9.96. The van der Waals surface area contributed by atoms with Gasteiger partial charge in [0.1, 0.15) is 5.75 Å². The number of para-hydroxylation sites is 1. The summed E-state index contributed by atoms with van der Waals surface area (Å²) in [6, 6.07) is 30.8. The predicted molar refractivity (Wildman–Crippen MR) is 119 cm³/mol. The van der Waals surface area contributed by atoms with E-state index in [9.17, 15) is 0 Å². The second-order valence-electron chi connectivity index (χ2n) is 7.71. The first-order chi connectivity index (χ1) is 14.3. The van der Waals surface area contributed by atoms with Gasteiger partial charge >= 0.3 is 0 Å². The topological polar surface area (TPSA) is 15.7 Å². The Hall–Kier alpha value is -2.62. The van der Waals surface area contributed by atoms with Crippen molar-refractivity contribution in [1.29, 1.82) is 0 Å². The van der Waals surface area contributed by atoms with E-state index in [1.54, 1.807) is 7.11 Å². The molecule has 4 rings (SSSR count). The maximum Gasteiger partial charge on any atom is 0.123 e. The van der Waals surface area contributed by atoms with E-state index in [1.165, 1.54) is 16.7 Å². The summed E-state index contributed by atoms with van der Waals surface area (Å²) in [5.41, 5.74) is 4.00. The molecule has 0 aromatic heterocycles. The molecule has 1 unspecified atom stereocenters. The number of hydrogen-bond donors (Lipinski definition) is 0. The molecule has 3 aromatic carbocycles. The highest BCUT2D eigenvalue weighted by molar-refractivity contribution is 5.36. The highest BCUT2D eigenvalue weighted by atomic mass is 16.5. The third kappa shape index (κ3) is 4.36. The van der Waals surface area contributed by atoms with E-state index in [4.69, 9.17) is 4.74 Å². The van der Waals surface area contributed by atoms with Crippen LogP contribution in [0.4, 0.5) is 0 Å². The van der Waals surface area contributed by atoms with E-state index in [1.807, 2.05) is 6.07 Å². The molecule has 1 fully saturated rings. The van der Waals surface area contributed by atoms with Gasteiger partial charge in [-0.25, -0.2) is 0 Å². The number of hydrogen-bond acceptors (Lipinski definition) is 3. The standard InChI is InChI=1S/C26H30N2O/c1-21(24-15-9-10-16-25(24)29-2)27-17-19-28(20-18-27)26(22-11-5-3-6-12-22)23-13-7-4-8-14-23/h3-16,21,26H,17-20H2,1-2H3. The van der Waals surface area contributed by atoms with Crippen LogP contribution in [0.15, 0.2) is 84.9 Å². The molecular weight excluding hydrogens is 356 g/mol. The van der Waals surface area contributed by atoms with Crippen LogP contribution in [0.2, 0.25) is 0 Å². The Bertz CT molecular complexity index is 849. The number of methoxy groups -OCH3 is 1. The summed E-state index contributed by atoms with van der Waals surface area (Å²) in [7, 11) is 1.76. The lowest BCUT2D eigenvalue weighted by Gasteiger charge is -2.42. The number of nitrogens with zero attached hydrogens (tertiary/aromatic N) is 2. The van der Waals surface area contributed by atoms with Crippen molar-refractivity contribution in [2.75, 3.05) is 33.3 Å². The normalized spacial score (nSPS) is 16.7. The summed E-state index contributed by atoms with van der Waals surface area (Å²) in [5, 5.41) is 0. The molecule has 1 saturated heterocycles. The Morgan fingerprint density at radius 1 is 0.655 bits per heavy atom. The number of ether oxygens (including phenoxy) is 1. The second kappa shape index (κ2) is 9.25. The van der Waals surface area contributed by atoms with Crippen LogP contribution in [0.5, 0.6) is 5.75 Å². The molecule has 3 heteroatoms. The van der Waals surface area contributed by atoms with E-state index in [2.05, 4.69) is 95.6 Å². The molecule has 0 aliphatic carbocycles. The van der Waals surface area contributed by atoms with E-state index in [-0.39, 0.29) is 0 Å². The summed E-state index contributed by atoms with van der Waals surface area (Å²) < 4.78 is 5.60. The first kappa shape index (κ1) is 19.7. The maximum absolute atomic E-state index is 5.60. The first-order valence-electron chi connectivity index (χ1n) is 10.5. The molecule has 1 atom stereocenters. The molecular formula is C26H30N2O. The lowest BCUT2D eigenvalue weighted by Crippen LogP contribution is -2.48. The third-order valence-electron chi connectivity index (χ3n) is 6.08. The van der Waals surface area contributed by atoms with E-state index >= 15 is 0 Å². The van der Waals surface area contributed by atoms with Crippen molar-refractivity contribution >= 4 is 0 Å². The summed E-state index contributed by atoms with van der Waals surface area (Å²) in [5.74, 6) is 0.980. The van der Waals surface area contributed by atoms with Gasteiger partial charge in [0, 0.05) is 37.8 Å². The van der Waals surface area contributed by atoms with Crippen LogP contribution in [0, 0.1) is 0 Å². The molecule has 3 aromatic rings. The molecule has 1 aliphatic heterocycles. The zero-order chi connectivity index (χ0) is 20.1. The summed E-state index contributed by atoms with van der Waals surface area (Å²) >= 11 is 0. The number of rotatable bonds is 6. The fourth-order valence-electron chi connectivity index (χ4n) is 4.48. The minimum atomic E-state index is 0.307. The molecule has 0 N–H and O–H groups in total. The van der Waals surface area contributed by atoms with Crippen molar-refractivity contribution in [1.82, 2.24) is 9.80 Å². The smallest absolute Gasteiger partial charge is 0.123 e. The molecule has 0 saturated carbocycles. The van der Waals surface area contributed by atoms with Gasteiger partial charge in [0.15, 0.2) is 0 Å². The van der Waals surface area contributed by atoms with E-state index < -0.39 is 0 Å². The van der Waals surface area contributed by atoms with Crippen LogP contribution in [0.1, 0.15) is 35.7 Å². The SMILES string of the molecule is COc1ccccc1C(C)N1CCN(C(c2ccccc2)c2ccccc2)CC1. The fraction of sp³-hybridized carbons (Fsp3) is 0.308. The summed E-state index contributed by atoms with van der Waals surface area (Å²) in [4.78, 5) is 5.19. The molecule has 3 nitrogen and oxygen atoms in total. The van der Waals surface area contributed by atoms with E-state index in [0.717, 1.165) is 31.9 Å². The van der Waals surface area contributed by atoms with Crippen LogP contribution >= 0.6 is 0 Å². The van der Waals surface area contributed by atoms with Crippen molar-refractivity contribution in [2.24, 2.45) is 0 Å². The lowest BCUT2D eigenvalue weighted by molar-refractivity contribution is 0.0831. The van der Waals surface area contributed by atoms with Gasteiger partial charge in [0.05, 0.1) is 13.2 Å². The van der Waals surface area contributed by atoms with Crippen molar-refractivity contribution < 1.29 is 4.74 Å². The van der Waals surface area contributed by atoms with Gasteiger partial charge in [-0.15, -0.1) is 0 Å². The van der Waals surface area contributed by atoms with Crippen LogP contribution < -0.4 is 4.74 Å². The zero-order valence-electron chi connectivity index (χ0n) is 17.4. The van der Waals surface area contributed by atoms with Crippen LogP contribution in [-0.2, 0) is 0 Å². The maximum atomic E-state index is 5.60. The van der Waals surface area contributed by atoms with Crippen LogP contribution in [0.25, 0.3) is 0 Å². The first-order valence-corrected chi connectivity index (χ1v) is 10.5. The fourth-order valence-corrected chi connectivity index (χ4v) is 4.48. The van der Waals surface area contributed by atoms with Gasteiger partial charge < -0.3 is 4.74 Å². The average Bonchev–Trinajstić information content (AvgIpc) is 2.81. The van der Waals surface area contributed by atoms with Crippen molar-refractivity contribution in [3.05, 3.63) is 102 Å². The highest BCUT2D eigenvalue weighted by Crippen LogP contribution is 2.33. The Labute approximate surface area is 174 Å². The van der Waals surface area contributed by atoms with Gasteiger partial charge in [0.2, 0.25) is 0 Å². The highest BCUT2D eigenvalue weighted by Gasteiger charge is 2.29. The van der Waals surface area contributed by atoms with Crippen molar-refractivity contribution in [3.63, 3.8) is 0 Å². The molecule has 150 valence electrons. The second-order valence-corrected chi connectivity index (χ2v) is 7.71. The summed E-state index contributed by atoms with van der Waals surface area (Å²) in [6.45, 7) is 6.49. The van der Waals surface area contributed by atoms with Gasteiger partial charge in [0.25, 0.3) is 0 Å². The van der Waals surface area contributed by atoms with E-state index in [0.29, 0.717) is 12.1 Å². The molecule has 1 aliphatic rings. The van der Waals surface area contributed by atoms with Gasteiger partial charge in [-0.05, 0) is 24.1 Å². The Balaban J connectivity index is 1.51. The zero-order valence-corrected chi connectivity index (χ0v) is 17.4. The van der Waals surface area contributed by atoms with Crippen LogP contribution in [-0.4, -0.2) is 43.1 Å². The number of piperazine rings is 1. The quantitative estimate of drug-likeness (QED) is 0.582. The molecule has 0 amide bonds. The minimum Gasteiger partial charge on any atom is -0.496 e. The molecule has 1 heterocycles. The van der Waals surface area contributed by atoms with Gasteiger partial charge in [-0.1, -0.05) is 78.9 Å². The number of benzene rings is 3. The minimum absolute atomic E-state index is 0.307. The Kier molecular flexibility index (Phi) is 6.28. The van der Waals surface area contributed by atoms with Crippen molar-refractivity contribution in [3.8, 4) is 5.75 Å². The van der Waals surface area contributed by atoms with Crippen molar-refractivity contribution in [2.45, 2.75) is 19.0 Å². The molecule has 0 radical (unpaired) electrons. The average molecular weight is 387 g/mol. The summed E-state index contributed by atoms with van der Waals surface area (Å²) in [6.07, 6.45) is 0. The monoisotopic (exact) mass is 386 g/mol. The molecule has 29 heavy (non-hydrogen) atoms. The van der Waals surface area contributed by atoms with Crippen LogP contribution in [0.3, 0.4) is 0 Å². The molecule has 0 bridgehead atoms. The molecule has 0 spiro atoms. The predicted octanol–water partition coefficient (Wildman–Crippen LogP) is 5.16. The third-order valence-corrected chi connectivity index (χ3v) is 6.08. The Morgan fingerprint density at radius 3 is 1.69 bits per heavy atom. The van der Waals surface area contributed by atoms with Gasteiger partial charge in [-0.3, -0.25) is 9.80 Å².